The lowest BCUT2D eigenvalue weighted by Gasteiger charge is -2.06. The fourth-order valence-electron chi connectivity index (χ4n) is 1.62. The predicted octanol–water partition coefficient (Wildman–Crippen LogP) is 2.79. The molecule has 88 valence electrons. The normalized spacial score (nSPS) is 13.4. The first-order chi connectivity index (χ1) is 7.72. The zero-order valence-corrected chi connectivity index (χ0v) is 11.3. The Kier molecular flexibility index (Phi) is 3.89. The maximum atomic E-state index is 5.89. The zero-order valence-electron chi connectivity index (χ0n) is 9.64. The van der Waals surface area contributed by atoms with Gasteiger partial charge in [-0.25, -0.2) is 4.98 Å². The fraction of sp³-hybridized carbons (Fsp3) is 0.545. The molecular formula is C11H17N3S2. The summed E-state index contributed by atoms with van der Waals surface area (Å²) >= 11 is 3.52. The van der Waals surface area contributed by atoms with Crippen LogP contribution >= 0.6 is 23.1 Å². The summed E-state index contributed by atoms with van der Waals surface area (Å²) in [5, 5.41) is 3.23. The van der Waals surface area contributed by atoms with Gasteiger partial charge in [0.15, 0.2) is 4.96 Å². The Morgan fingerprint density at radius 2 is 2.44 bits per heavy atom. The van der Waals surface area contributed by atoms with Crippen LogP contribution in [0, 0.1) is 0 Å². The first-order valence-corrected chi connectivity index (χ1v) is 7.41. The van der Waals surface area contributed by atoms with Gasteiger partial charge in [0.25, 0.3) is 0 Å². The molecule has 2 aromatic rings. The summed E-state index contributed by atoms with van der Waals surface area (Å²) in [5.41, 5.74) is 7.16. The summed E-state index contributed by atoms with van der Waals surface area (Å²) in [6, 6.07) is 0.181. The molecule has 0 spiro atoms. The minimum absolute atomic E-state index is 0.181. The van der Waals surface area contributed by atoms with Gasteiger partial charge in [-0.15, -0.1) is 23.1 Å². The van der Waals surface area contributed by atoms with Crippen molar-refractivity contribution in [1.82, 2.24) is 9.38 Å². The average molecular weight is 255 g/mol. The van der Waals surface area contributed by atoms with Gasteiger partial charge < -0.3 is 5.73 Å². The van der Waals surface area contributed by atoms with E-state index in [0.29, 0.717) is 0 Å². The number of imidazole rings is 1. The van der Waals surface area contributed by atoms with Crippen molar-refractivity contribution in [3.05, 3.63) is 17.3 Å². The van der Waals surface area contributed by atoms with Gasteiger partial charge in [0.05, 0.1) is 5.69 Å². The molecule has 3 nitrogen and oxygen atoms in total. The Labute approximate surface area is 104 Å². The number of nitrogens with two attached hydrogens (primary N) is 1. The van der Waals surface area contributed by atoms with Gasteiger partial charge in [-0.3, -0.25) is 4.40 Å². The molecule has 0 radical (unpaired) electrons. The van der Waals surface area contributed by atoms with Crippen LogP contribution in [0.15, 0.2) is 16.6 Å². The Bertz CT molecular complexity index is 459. The maximum Gasteiger partial charge on any atom is 0.194 e. The van der Waals surface area contributed by atoms with E-state index >= 15 is 0 Å². The van der Waals surface area contributed by atoms with Crippen LogP contribution in [0.2, 0.25) is 0 Å². The second-order valence-electron chi connectivity index (χ2n) is 3.95. The first kappa shape index (κ1) is 12.0. The molecule has 2 N–H and O–H groups in total. The van der Waals surface area contributed by atoms with Crippen molar-refractivity contribution in [2.24, 2.45) is 5.73 Å². The van der Waals surface area contributed by atoms with Gasteiger partial charge in [-0.05, 0) is 19.1 Å². The molecule has 0 saturated carbocycles. The molecule has 16 heavy (non-hydrogen) atoms. The molecule has 2 heterocycles. The molecule has 2 aromatic heterocycles. The minimum Gasteiger partial charge on any atom is -0.328 e. The van der Waals surface area contributed by atoms with E-state index in [-0.39, 0.29) is 6.04 Å². The third-order valence-electron chi connectivity index (χ3n) is 2.28. The summed E-state index contributed by atoms with van der Waals surface area (Å²) in [4.78, 5) is 5.73. The molecule has 0 aliphatic carbocycles. The number of rotatable bonds is 5. The van der Waals surface area contributed by atoms with E-state index in [1.54, 1.807) is 11.3 Å². The number of thiazole rings is 1. The molecule has 0 saturated heterocycles. The summed E-state index contributed by atoms with van der Waals surface area (Å²) in [6.07, 6.45) is 4.15. The molecule has 2 rings (SSSR count). The lowest BCUT2D eigenvalue weighted by Crippen LogP contribution is -2.19. The molecule has 0 fully saturated rings. The van der Waals surface area contributed by atoms with Crippen LogP contribution in [-0.4, -0.2) is 21.2 Å². The SMILES string of the molecule is CCCSc1nc2sccn2c1CC(C)N. The quantitative estimate of drug-likeness (QED) is 0.835. The van der Waals surface area contributed by atoms with Crippen molar-refractivity contribution in [2.45, 2.75) is 37.8 Å². The number of aromatic nitrogens is 2. The first-order valence-electron chi connectivity index (χ1n) is 5.55. The second kappa shape index (κ2) is 5.21. The number of thioether (sulfide) groups is 1. The standard InChI is InChI=1S/C11H17N3S2/c1-3-5-15-10-9(7-8(2)12)14-4-6-16-11(14)13-10/h4,6,8H,3,5,7,12H2,1-2H3. The highest BCUT2D eigenvalue weighted by atomic mass is 32.2. The molecule has 0 aliphatic heterocycles. The van der Waals surface area contributed by atoms with Crippen LogP contribution in [-0.2, 0) is 6.42 Å². The van der Waals surface area contributed by atoms with E-state index in [1.165, 1.54) is 12.1 Å². The van der Waals surface area contributed by atoms with Gasteiger partial charge in [0, 0.05) is 24.0 Å². The highest BCUT2D eigenvalue weighted by Gasteiger charge is 2.14. The van der Waals surface area contributed by atoms with Crippen molar-refractivity contribution in [1.29, 1.82) is 0 Å². The van der Waals surface area contributed by atoms with Crippen LogP contribution in [0.3, 0.4) is 0 Å². The van der Waals surface area contributed by atoms with Crippen molar-refractivity contribution in [3.8, 4) is 0 Å². The van der Waals surface area contributed by atoms with E-state index in [4.69, 9.17) is 5.73 Å². The highest BCUT2D eigenvalue weighted by molar-refractivity contribution is 7.99. The van der Waals surface area contributed by atoms with Crippen molar-refractivity contribution in [3.63, 3.8) is 0 Å². The van der Waals surface area contributed by atoms with E-state index in [2.05, 4.69) is 27.9 Å². The smallest absolute Gasteiger partial charge is 0.194 e. The van der Waals surface area contributed by atoms with Crippen LogP contribution in [0.25, 0.3) is 4.96 Å². The molecule has 0 amide bonds. The van der Waals surface area contributed by atoms with E-state index in [1.807, 2.05) is 18.7 Å². The maximum absolute atomic E-state index is 5.89. The summed E-state index contributed by atoms with van der Waals surface area (Å²) in [6.45, 7) is 4.23. The fourth-order valence-corrected chi connectivity index (χ4v) is 3.31. The van der Waals surface area contributed by atoms with Gasteiger partial charge in [-0.1, -0.05) is 6.92 Å². The number of nitrogens with zero attached hydrogens (tertiary/aromatic N) is 2. The number of hydrogen-bond acceptors (Lipinski definition) is 4. The van der Waals surface area contributed by atoms with Gasteiger partial charge in [0.1, 0.15) is 5.03 Å². The lowest BCUT2D eigenvalue weighted by atomic mass is 10.2. The summed E-state index contributed by atoms with van der Waals surface area (Å²) in [5.74, 6) is 1.12. The van der Waals surface area contributed by atoms with Crippen LogP contribution in [0.4, 0.5) is 0 Å². The van der Waals surface area contributed by atoms with Gasteiger partial charge in [-0.2, -0.15) is 0 Å². The topological polar surface area (TPSA) is 43.3 Å². The molecular weight excluding hydrogens is 238 g/mol. The third kappa shape index (κ3) is 2.42. The van der Waals surface area contributed by atoms with Gasteiger partial charge >= 0.3 is 0 Å². The Hall–Kier alpha value is -0.520. The third-order valence-corrected chi connectivity index (χ3v) is 4.25. The molecule has 0 aromatic carbocycles. The van der Waals surface area contributed by atoms with Crippen molar-refractivity contribution >= 4 is 28.1 Å². The zero-order chi connectivity index (χ0) is 11.5. The van der Waals surface area contributed by atoms with Gasteiger partial charge in [0.2, 0.25) is 0 Å². The molecule has 1 unspecified atom stereocenters. The van der Waals surface area contributed by atoms with E-state index < -0.39 is 0 Å². The minimum atomic E-state index is 0.181. The van der Waals surface area contributed by atoms with Crippen molar-refractivity contribution < 1.29 is 0 Å². The summed E-state index contributed by atoms with van der Waals surface area (Å²) in [7, 11) is 0. The average Bonchev–Trinajstić information content (AvgIpc) is 2.78. The summed E-state index contributed by atoms with van der Waals surface area (Å²) < 4.78 is 2.17. The van der Waals surface area contributed by atoms with E-state index in [9.17, 15) is 0 Å². The largest absolute Gasteiger partial charge is 0.328 e. The number of hydrogen-bond donors (Lipinski definition) is 1. The van der Waals surface area contributed by atoms with Crippen LogP contribution in [0.5, 0.6) is 0 Å². The molecule has 0 aliphatic rings. The number of fused-ring (bicyclic) bond motifs is 1. The highest BCUT2D eigenvalue weighted by Crippen LogP contribution is 2.27. The van der Waals surface area contributed by atoms with Crippen LogP contribution in [0.1, 0.15) is 26.0 Å². The van der Waals surface area contributed by atoms with Crippen molar-refractivity contribution in [2.75, 3.05) is 5.75 Å². The van der Waals surface area contributed by atoms with E-state index in [0.717, 1.165) is 22.2 Å². The Morgan fingerprint density at radius 3 is 3.12 bits per heavy atom. The molecule has 5 heteroatoms. The Morgan fingerprint density at radius 1 is 1.62 bits per heavy atom. The monoisotopic (exact) mass is 255 g/mol. The Balaban J connectivity index is 2.33. The second-order valence-corrected chi connectivity index (χ2v) is 5.91. The molecule has 0 bridgehead atoms. The van der Waals surface area contributed by atoms with Crippen LogP contribution < -0.4 is 5.73 Å². The predicted molar refractivity (Wildman–Crippen MR) is 71.4 cm³/mol. The molecule has 1 atom stereocenters. The lowest BCUT2D eigenvalue weighted by molar-refractivity contribution is 0.706.